The number of carbonyl (C=O) groups excluding carboxylic acids is 1. The molecule has 1 aromatic rings. The molecule has 1 aromatic carbocycles. The third-order valence-corrected chi connectivity index (χ3v) is 4.46. The number of carbonyl (C=O) groups is 1. The Labute approximate surface area is 128 Å². The van der Waals surface area contributed by atoms with Gasteiger partial charge < -0.3 is 10.6 Å². The van der Waals surface area contributed by atoms with E-state index in [-0.39, 0.29) is 11.9 Å². The second kappa shape index (κ2) is 5.67. The normalized spacial score (nSPS) is 19.0. The van der Waals surface area contributed by atoms with Gasteiger partial charge in [0.25, 0.3) is 5.91 Å². The van der Waals surface area contributed by atoms with Gasteiger partial charge in [0, 0.05) is 15.5 Å². The summed E-state index contributed by atoms with van der Waals surface area (Å²) in [4.78, 5) is 14.6. The fourth-order valence-corrected chi connectivity index (χ4v) is 3.14. The minimum atomic E-state index is -0.113. The Balaban J connectivity index is 2.31. The molecule has 6 heteroatoms. The van der Waals surface area contributed by atoms with Crippen molar-refractivity contribution in [1.82, 2.24) is 4.90 Å². The first-order valence-corrected chi connectivity index (χ1v) is 7.55. The highest BCUT2D eigenvalue weighted by Gasteiger charge is 2.31. The molecule has 2 N–H and O–H groups in total. The first kappa shape index (κ1) is 14.0. The summed E-state index contributed by atoms with van der Waals surface area (Å²) in [7, 11) is 0. The van der Waals surface area contributed by atoms with Crippen molar-refractivity contribution < 1.29 is 4.79 Å². The molecule has 1 aliphatic rings. The number of nitrogens with zero attached hydrogens (tertiary/aromatic N) is 1. The molecule has 1 saturated heterocycles. The summed E-state index contributed by atoms with van der Waals surface area (Å²) in [6.45, 7) is 0.708. The zero-order valence-electron chi connectivity index (χ0n) is 9.53. The standard InChI is InChI=1S/C12H12Br2N2OS/c13-7-3-4-9(14)8(6-7)12(17)16-5-1-2-10(16)11(15)18/h3-4,6,10H,1-2,5H2,(H2,15,18). The third-order valence-electron chi connectivity index (χ3n) is 3.00. The molecule has 0 aliphatic carbocycles. The lowest BCUT2D eigenvalue weighted by Crippen LogP contribution is -2.42. The Morgan fingerprint density at radius 2 is 2.17 bits per heavy atom. The van der Waals surface area contributed by atoms with Crippen LogP contribution in [0.1, 0.15) is 23.2 Å². The second-order valence-corrected chi connectivity index (χ2v) is 6.42. The van der Waals surface area contributed by atoms with Crippen molar-refractivity contribution in [2.24, 2.45) is 5.73 Å². The highest BCUT2D eigenvalue weighted by atomic mass is 79.9. The third kappa shape index (κ3) is 2.75. The smallest absolute Gasteiger partial charge is 0.255 e. The van der Waals surface area contributed by atoms with Crippen molar-refractivity contribution in [1.29, 1.82) is 0 Å². The van der Waals surface area contributed by atoms with Crippen LogP contribution in [-0.2, 0) is 0 Å². The number of halogens is 2. The summed E-state index contributed by atoms with van der Waals surface area (Å²) in [5.41, 5.74) is 6.32. The Bertz CT molecular complexity index is 507. The van der Waals surface area contributed by atoms with E-state index >= 15 is 0 Å². The van der Waals surface area contributed by atoms with E-state index in [1.54, 1.807) is 11.0 Å². The molecule has 1 fully saturated rings. The van der Waals surface area contributed by atoms with E-state index in [0.29, 0.717) is 17.1 Å². The zero-order chi connectivity index (χ0) is 13.3. The van der Waals surface area contributed by atoms with Gasteiger partial charge in [0.2, 0.25) is 0 Å². The van der Waals surface area contributed by atoms with Crippen LogP contribution in [0.5, 0.6) is 0 Å². The number of rotatable bonds is 2. The molecule has 1 unspecified atom stereocenters. The Hall–Kier alpha value is -0.460. The van der Waals surface area contributed by atoms with Crippen LogP contribution in [0.25, 0.3) is 0 Å². The Kier molecular flexibility index (Phi) is 4.40. The van der Waals surface area contributed by atoms with E-state index < -0.39 is 0 Å². The van der Waals surface area contributed by atoms with E-state index in [1.165, 1.54) is 0 Å². The number of hydrogen-bond donors (Lipinski definition) is 1. The summed E-state index contributed by atoms with van der Waals surface area (Å²) < 4.78 is 1.66. The lowest BCUT2D eigenvalue weighted by Gasteiger charge is -2.24. The van der Waals surface area contributed by atoms with Gasteiger partial charge in [-0.3, -0.25) is 4.79 Å². The second-order valence-electron chi connectivity index (χ2n) is 4.18. The minimum Gasteiger partial charge on any atom is -0.392 e. The fourth-order valence-electron chi connectivity index (χ4n) is 2.12. The molecule has 1 amide bonds. The molecule has 0 aromatic heterocycles. The number of hydrogen-bond acceptors (Lipinski definition) is 2. The van der Waals surface area contributed by atoms with Crippen LogP contribution in [0.4, 0.5) is 0 Å². The molecule has 18 heavy (non-hydrogen) atoms. The molecule has 0 radical (unpaired) electrons. The van der Waals surface area contributed by atoms with E-state index in [0.717, 1.165) is 21.8 Å². The molecular weight excluding hydrogens is 380 g/mol. The highest BCUT2D eigenvalue weighted by molar-refractivity contribution is 9.11. The summed E-state index contributed by atoms with van der Waals surface area (Å²) >= 11 is 11.8. The monoisotopic (exact) mass is 390 g/mol. The Morgan fingerprint density at radius 3 is 2.83 bits per heavy atom. The van der Waals surface area contributed by atoms with Crippen LogP contribution in [0.2, 0.25) is 0 Å². The first-order valence-electron chi connectivity index (χ1n) is 5.56. The van der Waals surface area contributed by atoms with Gasteiger partial charge in [-0.05, 0) is 47.0 Å². The molecule has 3 nitrogen and oxygen atoms in total. The molecule has 96 valence electrons. The lowest BCUT2D eigenvalue weighted by atomic mass is 10.1. The van der Waals surface area contributed by atoms with E-state index in [4.69, 9.17) is 18.0 Å². The maximum Gasteiger partial charge on any atom is 0.255 e. The molecule has 1 aliphatic heterocycles. The van der Waals surface area contributed by atoms with Crippen LogP contribution < -0.4 is 5.73 Å². The van der Waals surface area contributed by atoms with Crippen molar-refractivity contribution in [3.8, 4) is 0 Å². The number of nitrogens with two attached hydrogens (primary N) is 1. The Morgan fingerprint density at radius 1 is 1.44 bits per heavy atom. The van der Waals surface area contributed by atoms with Gasteiger partial charge in [0.05, 0.1) is 16.6 Å². The molecular formula is C12H12Br2N2OS. The van der Waals surface area contributed by atoms with E-state index in [9.17, 15) is 4.79 Å². The predicted octanol–water partition coefficient (Wildman–Crippen LogP) is 3.10. The highest BCUT2D eigenvalue weighted by Crippen LogP contribution is 2.26. The first-order chi connectivity index (χ1) is 8.50. The SMILES string of the molecule is NC(=S)C1CCCN1C(=O)c1cc(Br)ccc1Br. The quantitative estimate of drug-likeness (QED) is 0.788. The van der Waals surface area contributed by atoms with E-state index in [1.807, 2.05) is 12.1 Å². The van der Waals surface area contributed by atoms with Crippen LogP contribution in [-0.4, -0.2) is 28.4 Å². The molecule has 2 rings (SSSR count). The largest absolute Gasteiger partial charge is 0.392 e. The minimum absolute atomic E-state index is 0.0292. The van der Waals surface area contributed by atoms with Crippen LogP contribution >= 0.6 is 44.1 Å². The van der Waals surface area contributed by atoms with Gasteiger partial charge in [-0.15, -0.1) is 0 Å². The van der Waals surface area contributed by atoms with Gasteiger partial charge in [0.15, 0.2) is 0 Å². The lowest BCUT2D eigenvalue weighted by molar-refractivity contribution is 0.0769. The summed E-state index contributed by atoms with van der Waals surface area (Å²) in [5, 5.41) is 0. The van der Waals surface area contributed by atoms with Crippen molar-refractivity contribution in [2.45, 2.75) is 18.9 Å². The predicted molar refractivity (Wildman–Crippen MR) is 82.7 cm³/mol. The average Bonchev–Trinajstić information content (AvgIpc) is 2.80. The van der Waals surface area contributed by atoms with Crippen molar-refractivity contribution >= 4 is 55.0 Å². The summed E-state index contributed by atoms with van der Waals surface area (Å²) in [6, 6.07) is 5.43. The molecule has 1 atom stereocenters. The maximum absolute atomic E-state index is 12.5. The molecule has 0 saturated carbocycles. The van der Waals surface area contributed by atoms with E-state index in [2.05, 4.69) is 31.9 Å². The number of amides is 1. The number of benzene rings is 1. The summed E-state index contributed by atoms with van der Waals surface area (Å²) in [6.07, 6.45) is 1.80. The molecule has 0 bridgehead atoms. The topological polar surface area (TPSA) is 46.3 Å². The van der Waals surface area contributed by atoms with Gasteiger partial charge >= 0.3 is 0 Å². The fraction of sp³-hybridized carbons (Fsp3) is 0.333. The maximum atomic E-state index is 12.5. The van der Waals surface area contributed by atoms with Gasteiger partial charge in [-0.2, -0.15) is 0 Å². The van der Waals surface area contributed by atoms with Crippen molar-refractivity contribution in [2.75, 3.05) is 6.54 Å². The van der Waals surface area contributed by atoms with Crippen LogP contribution in [0.3, 0.4) is 0 Å². The van der Waals surface area contributed by atoms with Crippen LogP contribution in [0.15, 0.2) is 27.1 Å². The van der Waals surface area contributed by atoms with Crippen molar-refractivity contribution in [3.63, 3.8) is 0 Å². The van der Waals surface area contributed by atoms with Gasteiger partial charge in [-0.1, -0.05) is 28.1 Å². The summed E-state index contributed by atoms with van der Waals surface area (Å²) in [5.74, 6) is -0.0292. The van der Waals surface area contributed by atoms with Gasteiger partial charge in [0.1, 0.15) is 0 Å². The number of likely N-dealkylation sites (tertiary alicyclic amines) is 1. The molecule has 1 heterocycles. The zero-order valence-corrected chi connectivity index (χ0v) is 13.5. The van der Waals surface area contributed by atoms with Crippen LogP contribution in [0, 0.1) is 0 Å². The average molecular weight is 392 g/mol. The van der Waals surface area contributed by atoms with Crippen molar-refractivity contribution in [3.05, 3.63) is 32.7 Å². The number of thiocarbonyl (C=S) groups is 1. The van der Waals surface area contributed by atoms with Gasteiger partial charge in [-0.25, -0.2) is 0 Å². The molecule has 0 spiro atoms.